The van der Waals surface area contributed by atoms with Crippen molar-refractivity contribution in [3.8, 4) is 0 Å². The van der Waals surface area contributed by atoms with Gasteiger partial charge in [0.05, 0.1) is 5.88 Å². The van der Waals surface area contributed by atoms with Gasteiger partial charge in [0.1, 0.15) is 12.6 Å². The van der Waals surface area contributed by atoms with Gasteiger partial charge in [-0.2, -0.15) is 0 Å². The molecule has 0 radical (unpaired) electrons. The maximum absolute atomic E-state index is 12.7. The highest BCUT2D eigenvalue weighted by Gasteiger charge is 2.35. The number of hydrogen-bond acceptors (Lipinski definition) is 5. The van der Waals surface area contributed by atoms with Gasteiger partial charge in [-0.25, -0.2) is 4.79 Å². The Hall–Kier alpha value is -2.86. The minimum absolute atomic E-state index is 0.183. The molecule has 1 aliphatic heterocycles. The summed E-state index contributed by atoms with van der Waals surface area (Å²) in [5, 5.41) is 0. The molecule has 5 nitrogen and oxygen atoms in total. The summed E-state index contributed by atoms with van der Waals surface area (Å²) in [6.07, 6.45) is 2.48. The van der Waals surface area contributed by atoms with E-state index in [9.17, 15) is 14.4 Å². The number of rotatable bonds is 6. The number of hydrogen-bond donors (Lipinski definition) is 0. The summed E-state index contributed by atoms with van der Waals surface area (Å²) in [4.78, 5) is 38.9. The molecule has 1 atom stereocenters. The molecule has 0 saturated carbocycles. The van der Waals surface area contributed by atoms with E-state index in [1.54, 1.807) is 24.3 Å². The topological polar surface area (TPSA) is 63.7 Å². The molecule has 30 heavy (non-hydrogen) atoms. The van der Waals surface area contributed by atoms with E-state index in [1.165, 1.54) is 34.4 Å². The summed E-state index contributed by atoms with van der Waals surface area (Å²) in [6.45, 7) is 6.21. The molecule has 2 aromatic rings. The van der Waals surface area contributed by atoms with Crippen molar-refractivity contribution < 1.29 is 19.1 Å². The average molecular weight is 424 g/mol. The highest BCUT2D eigenvalue weighted by molar-refractivity contribution is 7.99. The van der Waals surface area contributed by atoms with Crippen LogP contribution in [0.3, 0.4) is 0 Å². The van der Waals surface area contributed by atoms with Crippen LogP contribution < -0.4 is 0 Å². The van der Waals surface area contributed by atoms with E-state index >= 15 is 0 Å². The number of carbonyl (C=O) groups is 3. The molecule has 0 aromatic heterocycles. The lowest BCUT2D eigenvalue weighted by atomic mass is 10.0. The highest BCUT2D eigenvalue weighted by Crippen LogP contribution is 2.24. The fourth-order valence-electron chi connectivity index (χ4n) is 3.47. The van der Waals surface area contributed by atoms with Crippen LogP contribution in [-0.4, -0.2) is 40.2 Å². The van der Waals surface area contributed by atoms with Crippen LogP contribution in [0.5, 0.6) is 0 Å². The van der Waals surface area contributed by atoms with Gasteiger partial charge in [-0.3, -0.25) is 9.59 Å². The molecule has 156 valence electrons. The van der Waals surface area contributed by atoms with Crippen LogP contribution >= 0.6 is 11.8 Å². The van der Waals surface area contributed by atoms with Gasteiger partial charge in [0.2, 0.25) is 5.91 Å². The molecule has 6 heteroatoms. The molecule has 1 fully saturated rings. The van der Waals surface area contributed by atoms with Crippen LogP contribution in [0.25, 0.3) is 0 Å². The number of benzene rings is 2. The molecule has 0 spiro atoms. The number of allylic oxidation sites excluding steroid dienone is 1. The number of esters is 1. The highest BCUT2D eigenvalue weighted by atomic mass is 32.2. The van der Waals surface area contributed by atoms with Crippen molar-refractivity contribution in [2.24, 2.45) is 0 Å². The Bertz CT molecular complexity index is 961. The molecule has 1 unspecified atom stereocenters. The minimum atomic E-state index is -0.648. The van der Waals surface area contributed by atoms with Crippen molar-refractivity contribution >= 4 is 29.4 Å². The maximum Gasteiger partial charge on any atom is 0.330 e. The van der Waals surface area contributed by atoms with Gasteiger partial charge in [0.15, 0.2) is 5.78 Å². The van der Waals surface area contributed by atoms with E-state index in [2.05, 4.69) is 12.1 Å². The largest absolute Gasteiger partial charge is 0.459 e. The number of nitrogens with zero attached hydrogens (tertiary/aromatic N) is 1. The number of ketones is 1. The van der Waals surface area contributed by atoms with Gasteiger partial charge < -0.3 is 9.64 Å². The van der Waals surface area contributed by atoms with Gasteiger partial charge in [-0.15, -0.1) is 11.8 Å². The Balaban J connectivity index is 1.62. The SMILES string of the molecule is Cc1cc(C)c(COC(=O)C2CSCN2C(=O)C=CC(=O)c2ccccc2)c(C)c1. The first-order chi connectivity index (χ1) is 14.4. The fraction of sp³-hybridized carbons (Fsp3) is 0.292. The lowest BCUT2D eigenvalue weighted by Gasteiger charge is -2.21. The van der Waals surface area contributed by atoms with Gasteiger partial charge in [0.25, 0.3) is 0 Å². The normalized spacial score (nSPS) is 16.1. The monoisotopic (exact) mass is 423 g/mol. The number of amides is 1. The second-order valence-electron chi connectivity index (χ2n) is 7.37. The molecule has 3 rings (SSSR count). The zero-order chi connectivity index (χ0) is 21.7. The van der Waals surface area contributed by atoms with Crippen LogP contribution in [0.2, 0.25) is 0 Å². The minimum Gasteiger partial charge on any atom is -0.459 e. The summed E-state index contributed by atoms with van der Waals surface area (Å²) in [7, 11) is 0. The van der Waals surface area contributed by atoms with E-state index in [-0.39, 0.29) is 18.3 Å². The van der Waals surface area contributed by atoms with Gasteiger partial charge >= 0.3 is 5.97 Å². The number of thioether (sulfide) groups is 1. The van der Waals surface area contributed by atoms with Crippen LogP contribution in [0.4, 0.5) is 0 Å². The van der Waals surface area contributed by atoms with E-state index in [4.69, 9.17) is 4.74 Å². The van der Waals surface area contributed by atoms with Crippen molar-refractivity contribution in [2.45, 2.75) is 33.4 Å². The van der Waals surface area contributed by atoms with Gasteiger partial charge in [-0.05, 0) is 43.5 Å². The summed E-state index contributed by atoms with van der Waals surface area (Å²) in [5.74, 6) is -0.160. The standard InChI is InChI=1S/C24H25NO4S/c1-16-11-17(2)20(18(3)12-16)13-29-24(28)21-14-30-15-25(21)23(27)10-9-22(26)19-7-5-4-6-8-19/h4-12,21H,13-15H2,1-3H3. The van der Waals surface area contributed by atoms with E-state index in [0.717, 1.165) is 16.7 Å². The summed E-state index contributed by atoms with van der Waals surface area (Å²) in [5.41, 5.74) is 4.83. The number of aryl methyl sites for hydroxylation is 3. The molecule has 0 aliphatic carbocycles. The van der Waals surface area contributed by atoms with Crippen molar-refractivity contribution in [3.63, 3.8) is 0 Å². The molecule has 1 amide bonds. The third-order valence-corrected chi connectivity index (χ3v) is 6.08. The Kier molecular flexibility index (Phi) is 7.11. The van der Waals surface area contributed by atoms with Gasteiger partial charge in [-0.1, -0.05) is 48.0 Å². The Morgan fingerprint density at radius 2 is 1.73 bits per heavy atom. The van der Waals surface area contributed by atoms with Crippen molar-refractivity contribution in [2.75, 3.05) is 11.6 Å². The zero-order valence-electron chi connectivity index (χ0n) is 17.4. The Morgan fingerprint density at radius 1 is 1.07 bits per heavy atom. The van der Waals surface area contributed by atoms with Crippen LogP contribution in [0, 0.1) is 20.8 Å². The summed E-state index contributed by atoms with van der Waals surface area (Å²) >= 11 is 1.49. The van der Waals surface area contributed by atoms with Crippen molar-refractivity contribution in [1.29, 1.82) is 0 Å². The smallest absolute Gasteiger partial charge is 0.330 e. The zero-order valence-corrected chi connectivity index (χ0v) is 18.2. The van der Waals surface area contributed by atoms with Gasteiger partial charge in [0, 0.05) is 17.4 Å². The van der Waals surface area contributed by atoms with E-state index in [0.29, 0.717) is 17.2 Å². The lowest BCUT2D eigenvalue weighted by molar-refractivity contribution is -0.152. The molecule has 1 aliphatic rings. The molecule has 0 bridgehead atoms. The first-order valence-electron chi connectivity index (χ1n) is 9.76. The molecule has 1 heterocycles. The Labute approximate surface area is 181 Å². The lowest BCUT2D eigenvalue weighted by Crippen LogP contribution is -2.42. The molecule has 2 aromatic carbocycles. The van der Waals surface area contributed by atoms with Crippen molar-refractivity contribution in [3.05, 3.63) is 82.4 Å². The van der Waals surface area contributed by atoms with Crippen molar-refractivity contribution in [1.82, 2.24) is 4.90 Å². The van der Waals surface area contributed by atoms with Crippen LogP contribution in [-0.2, 0) is 20.9 Å². The third-order valence-electron chi connectivity index (χ3n) is 5.07. The average Bonchev–Trinajstić information content (AvgIpc) is 3.21. The summed E-state index contributed by atoms with van der Waals surface area (Å²) in [6, 6.07) is 12.2. The van der Waals surface area contributed by atoms with Crippen LogP contribution in [0.15, 0.2) is 54.6 Å². The molecular formula is C24H25NO4S. The second-order valence-corrected chi connectivity index (χ2v) is 8.37. The third kappa shape index (κ3) is 5.19. The number of ether oxygens (including phenoxy) is 1. The first kappa shape index (κ1) is 21.8. The predicted molar refractivity (Wildman–Crippen MR) is 118 cm³/mol. The molecule has 1 saturated heterocycles. The number of carbonyl (C=O) groups excluding carboxylic acids is 3. The van der Waals surface area contributed by atoms with Crippen LogP contribution in [0.1, 0.15) is 32.6 Å². The molecule has 0 N–H and O–H groups in total. The quantitative estimate of drug-likeness (QED) is 0.399. The summed E-state index contributed by atoms with van der Waals surface area (Å²) < 4.78 is 5.55. The second kappa shape index (κ2) is 9.76. The molecular weight excluding hydrogens is 398 g/mol. The maximum atomic E-state index is 12.7. The Morgan fingerprint density at radius 3 is 2.40 bits per heavy atom. The fourth-order valence-corrected chi connectivity index (χ4v) is 4.62. The predicted octanol–water partition coefficient (Wildman–Crippen LogP) is 4.00. The van der Waals surface area contributed by atoms with E-state index < -0.39 is 12.0 Å². The first-order valence-corrected chi connectivity index (χ1v) is 10.9. The van der Waals surface area contributed by atoms with E-state index in [1.807, 2.05) is 26.8 Å².